The van der Waals surface area contributed by atoms with Crippen LogP contribution in [0.4, 0.5) is 13.2 Å². The van der Waals surface area contributed by atoms with Gasteiger partial charge >= 0.3 is 12.1 Å². The molecule has 22 heavy (non-hydrogen) atoms. The van der Waals surface area contributed by atoms with E-state index in [4.69, 9.17) is 9.84 Å². The molecule has 0 radical (unpaired) electrons. The lowest BCUT2D eigenvalue weighted by Gasteiger charge is -2.22. The summed E-state index contributed by atoms with van der Waals surface area (Å²) < 4.78 is 41.8. The van der Waals surface area contributed by atoms with Crippen LogP contribution in [-0.2, 0) is 11.3 Å². The van der Waals surface area contributed by atoms with Crippen LogP contribution in [0.5, 0.6) is 0 Å². The second kappa shape index (κ2) is 7.60. The van der Waals surface area contributed by atoms with Gasteiger partial charge in [-0.25, -0.2) is 4.79 Å². The number of esters is 1. The van der Waals surface area contributed by atoms with Crippen molar-refractivity contribution >= 4 is 5.97 Å². The Morgan fingerprint density at radius 3 is 2.27 bits per heavy atom. The maximum Gasteiger partial charge on any atom is 0.415 e. The molecule has 0 saturated carbocycles. The van der Waals surface area contributed by atoms with Crippen molar-refractivity contribution in [2.45, 2.75) is 38.8 Å². The molecule has 0 aromatic heterocycles. The van der Waals surface area contributed by atoms with Crippen LogP contribution in [0.1, 0.15) is 29.8 Å². The first-order chi connectivity index (χ1) is 10.1. The Hall–Kier alpha value is -1.60. The molecule has 4 nitrogen and oxygen atoms in total. The van der Waals surface area contributed by atoms with Crippen molar-refractivity contribution in [3.05, 3.63) is 35.4 Å². The maximum atomic E-state index is 12.3. The molecule has 0 bridgehead atoms. The summed E-state index contributed by atoms with van der Waals surface area (Å²) in [5.41, 5.74) is 1.12. The van der Waals surface area contributed by atoms with Crippen molar-refractivity contribution in [1.29, 1.82) is 0 Å². The summed E-state index contributed by atoms with van der Waals surface area (Å²) in [7, 11) is 1.48. The number of hydrogen-bond donors (Lipinski definition) is 1. The predicted octanol–water partition coefficient (Wildman–Crippen LogP) is 2.61. The molecular formula is C15H20F3NO3. The fourth-order valence-corrected chi connectivity index (χ4v) is 1.80. The molecule has 1 N–H and O–H groups in total. The lowest BCUT2D eigenvalue weighted by Crippen LogP contribution is -2.39. The first kappa shape index (κ1) is 18.4. The van der Waals surface area contributed by atoms with Crippen LogP contribution in [0.15, 0.2) is 24.3 Å². The molecule has 0 amide bonds. The zero-order valence-corrected chi connectivity index (χ0v) is 12.7. The topological polar surface area (TPSA) is 49.8 Å². The quantitative estimate of drug-likeness (QED) is 0.819. The monoisotopic (exact) mass is 319 g/mol. The van der Waals surface area contributed by atoms with E-state index in [1.807, 2.05) is 0 Å². The largest absolute Gasteiger partial charge is 0.459 e. The average molecular weight is 319 g/mol. The van der Waals surface area contributed by atoms with Gasteiger partial charge in [-0.2, -0.15) is 13.2 Å². The molecule has 0 heterocycles. The molecule has 124 valence electrons. The Kier molecular flexibility index (Phi) is 6.37. The number of benzene rings is 1. The van der Waals surface area contributed by atoms with Gasteiger partial charge in [-0.3, -0.25) is 4.90 Å². The number of aliphatic hydroxyl groups is 1. The number of rotatable bonds is 6. The molecule has 7 heteroatoms. The third-order valence-corrected chi connectivity index (χ3v) is 2.85. The van der Waals surface area contributed by atoms with E-state index in [1.165, 1.54) is 11.9 Å². The van der Waals surface area contributed by atoms with Crippen LogP contribution in [0.2, 0.25) is 0 Å². The fourth-order valence-electron chi connectivity index (χ4n) is 1.80. The van der Waals surface area contributed by atoms with Crippen LogP contribution in [0.25, 0.3) is 0 Å². The molecule has 1 aromatic rings. The van der Waals surface area contributed by atoms with Gasteiger partial charge in [0.1, 0.15) is 0 Å². The highest BCUT2D eigenvalue weighted by Gasteiger charge is 2.38. The Morgan fingerprint density at radius 2 is 1.82 bits per heavy atom. The van der Waals surface area contributed by atoms with E-state index in [-0.39, 0.29) is 12.6 Å². The van der Waals surface area contributed by atoms with Gasteiger partial charge < -0.3 is 9.84 Å². The number of ether oxygens (including phenoxy) is 1. The van der Waals surface area contributed by atoms with Gasteiger partial charge in [0.25, 0.3) is 0 Å². The third kappa shape index (κ3) is 6.03. The standard InChI is InChI=1S/C15H20F3NO3/c1-10(2)22-14(21)12-6-4-11(5-7-12)8-19(3)9-13(20)15(16,17)18/h4-7,10,13,20H,8-9H2,1-3H3. The number of halogens is 3. The molecule has 0 saturated heterocycles. The number of nitrogens with zero attached hydrogens (tertiary/aromatic N) is 1. The molecular weight excluding hydrogens is 299 g/mol. The molecule has 1 atom stereocenters. The van der Waals surface area contributed by atoms with Crippen molar-refractivity contribution in [3.8, 4) is 0 Å². The second-order valence-electron chi connectivity index (χ2n) is 5.41. The van der Waals surface area contributed by atoms with Gasteiger partial charge in [0.2, 0.25) is 0 Å². The van der Waals surface area contributed by atoms with Gasteiger partial charge in [-0.1, -0.05) is 12.1 Å². The molecule has 0 aliphatic heterocycles. The van der Waals surface area contributed by atoms with E-state index in [0.29, 0.717) is 5.56 Å². The Bertz CT molecular complexity index is 486. The fraction of sp³-hybridized carbons (Fsp3) is 0.533. The molecule has 1 unspecified atom stereocenters. The highest BCUT2D eigenvalue weighted by atomic mass is 19.4. The summed E-state index contributed by atoms with van der Waals surface area (Å²) >= 11 is 0. The lowest BCUT2D eigenvalue weighted by molar-refractivity contribution is -0.207. The van der Waals surface area contributed by atoms with Crippen LogP contribution in [0.3, 0.4) is 0 Å². The van der Waals surface area contributed by atoms with E-state index in [2.05, 4.69) is 0 Å². The third-order valence-electron chi connectivity index (χ3n) is 2.85. The van der Waals surface area contributed by atoms with Crippen molar-refractivity contribution in [3.63, 3.8) is 0 Å². The smallest absolute Gasteiger partial charge is 0.415 e. The zero-order valence-electron chi connectivity index (χ0n) is 12.7. The highest BCUT2D eigenvalue weighted by molar-refractivity contribution is 5.89. The predicted molar refractivity (Wildman–Crippen MR) is 75.4 cm³/mol. The molecule has 0 aliphatic carbocycles. The van der Waals surface area contributed by atoms with Crippen molar-refractivity contribution < 1.29 is 27.8 Å². The summed E-state index contributed by atoms with van der Waals surface area (Å²) in [6.45, 7) is 3.20. The number of aliphatic hydroxyl groups excluding tert-OH is 1. The van der Waals surface area contributed by atoms with Crippen molar-refractivity contribution in [1.82, 2.24) is 4.90 Å². The summed E-state index contributed by atoms with van der Waals surface area (Å²) in [6.07, 6.45) is -7.22. The lowest BCUT2D eigenvalue weighted by atomic mass is 10.1. The molecule has 0 aliphatic rings. The van der Waals surface area contributed by atoms with Crippen LogP contribution < -0.4 is 0 Å². The van der Waals surface area contributed by atoms with E-state index in [0.717, 1.165) is 5.56 Å². The van der Waals surface area contributed by atoms with Crippen LogP contribution in [0, 0.1) is 0 Å². The summed E-state index contributed by atoms with van der Waals surface area (Å²) in [4.78, 5) is 13.0. The van der Waals surface area contributed by atoms with E-state index in [9.17, 15) is 18.0 Å². The Balaban J connectivity index is 2.59. The van der Waals surface area contributed by atoms with E-state index in [1.54, 1.807) is 38.1 Å². The first-order valence-electron chi connectivity index (χ1n) is 6.83. The summed E-state index contributed by atoms with van der Waals surface area (Å²) in [6, 6.07) is 6.42. The maximum absolute atomic E-state index is 12.3. The Labute approximate surface area is 127 Å². The molecule has 1 aromatic carbocycles. The normalized spacial score (nSPS) is 13.5. The second-order valence-corrected chi connectivity index (χ2v) is 5.41. The number of carbonyl (C=O) groups excluding carboxylic acids is 1. The molecule has 1 rings (SSSR count). The van der Waals surface area contributed by atoms with Crippen molar-refractivity contribution in [2.75, 3.05) is 13.6 Å². The van der Waals surface area contributed by atoms with Gasteiger partial charge in [-0.15, -0.1) is 0 Å². The van der Waals surface area contributed by atoms with E-state index >= 15 is 0 Å². The number of carbonyl (C=O) groups is 1. The van der Waals surface area contributed by atoms with Gasteiger partial charge in [-0.05, 0) is 38.6 Å². The minimum atomic E-state index is -4.63. The average Bonchev–Trinajstić information content (AvgIpc) is 2.37. The van der Waals surface area contributed by atoms with Crippen LogP contribution >= 0.6 is 0 Å². The first-order valence-corrected chi connectivity index (χ1v) is 6.83. The number of hydrogen-bond acceptors (Lipinski definition) is 4. The van der Waals surface area contributed by atoms with Crippen LogP contribution in [-0.4, -0.2) is 48.0 Å². The van der Waals surface area contributed by atoms with Gasteiger partial charge in [0.15, 0.2) is 6.10 Å². The zero-order chi connectivity index (χ0) is 16.9. The summed E-state index contributed by atoms with van der Waals surface area (Å²) in [5, 5.41) is 9.01. The number of alkyl halides is 3. The van der Waals surface area contributed by atoms with Crippen molar-refractivity contribution in [2.24, 2.45) is 0 Å². The molecule has 0 spiro atoms. The summed E-state index contributed by atoms with van der Waals surface area (Å²) in [5.74, 6) is -0.442. The molecule has 0 fully saturated rings. The van der Waals surface area contributed by atoms with E-state index < -0.39 is 24.8 Å². The van der Waals surface area contributed by atoms with Gasteiger partial charge in [0, 0.05) is 13.1 Å². The highest BCUT2D eigenvalue weighted by Crippen LogP contribution is 2.21. The Morgan fingerprint density at radius 1 is 1.27 bits per heavy atom. The SMILES string of the molecule is CC(C)OC(=O)c1ccc(CN(C)CC(O)C(F)(F)F)cc1. The van der Waals surface area contributed by atoms with Gasteiger partial charge in [0.05, 0.1) is 11.7 Å². The minimum Gasteiger partial charge on any atom is -0.459 e. The number of likely N-dealkylation sites (N-methyl/N-ethyl adjacent to an activating group) is 1. The minimum absolute atomic E-state index is 0.220.